The number of aliphatic hydroxyl groups excluding tert-OH is 2. The number of fused-ring (bicyclic) bond motifs is 1. The summed E-state index contributed by atoms with van der Waals surface area (Å²) in [5, 5.41) is 19.4. The van der Waals surface area contributed by atoms with E-state index in [1.807, 2.05) is 19.9 Å². The Hall–Kier alpha value is -2.02. The summed E-state index contributed by atoms with van der Waals surface area (Å²) in [4.78, 5) is 23.5. The molecule has 3 atom stereocenters. The third kappa shape index (κ3) is 6.49. The first-order valence-corrected chi connectivity index (χ1v) is 10.5. The van der Waals surface area contributed by atoms with Crippen molar-refractivity contribution in [2.24, 2.45) is 0 Å². The molecule has 0 radical (unpaired) electrons. The van der Waals surface area contributed by atoms with Gasteiger partial charge in [-0.2, -0.15) is 0 Å². The summed E-state index contributed by atoms with van der Waals surface area (Å²) in [7, 11) is 0. The summed E-state index contributed by atoms with van der Waals surface area (Å²) in [5.41, 5.74) is 2.92. The van der Waals surface area contributed by atoms with Crippen LogP contribution in [0.3, 0.4) is 0 Å². The molecule has 0 saturated carbocycles. The minimum absolute atomic E-state index is 0.0892. The Bertz CT molecular complexity index is 773. The fourth-order valence-electron chi connectivity index (χ4n) is 3.54. The first-order chi connectivity index (χ1) is 14.2. The maximum Gasteiger partial charge on any atom is 0.302 e. The van der Waals surface area contributed by atoms with Gasteiger partial charge in [0.15, 0.2) is 11.4 Å². The van der Waals surface area contributed by atoms with Crippen molar-refractivity contribution in [1.82, 2.24) is 0 Å². The normalized spacial score (nSPS) is 26.9. The van der Waals surface area contributed by atoms with Gasteiger partial charge < -0.3 is 19.7 Å². The van der Waals surface area contributed by atoms with Crippen LogP contribution < -0.4 is 0 Å². The molecule has 0 bridgehead atoms. The number of allylic oxidation sites excluding steroid dienone is 4. The molecule has 1 saturated heterocycles. The Kier molecular flexibility index (Phi) is 8.77. The predicted molar refractivity (Wildman–Crippen MR) is 115 cm³/mol. The number of epoxide rings is 1. The van der Waals surface area contributed by atoms with E-state index < -0.39 is 23.8 Å². The smallest absolute Gasteiger partial charge is 0.302 e. The second kappa shape index (κ2) is 10.8. The number of ether oxygens (including phenoxy) is 2. The van der Waals surface area contributed by atoms with Gasteiger partial charge in [-0.3, -0.25) is 9.59 Å². The largest absolute Gasteiger partial charge is 0.461 e. The number of carbonyl (C=O) groups excluding carboxylic acids is 2. The summed E-state index contributed by atoms with van der Waals surface area (Å²) < 4.78 is 10.5. The van der Waals surface area contributed by atoms with Crippen molar-refractivity contribution in [3.8, 4) is 0 Å². The van der Waals surface area contributed by atoms with Gasteiger partial charge in [-0.1, -0.05) is 34.9 Å². The SMILES string of the molecule is CC(=O)OCC1=CC(=O)[C@]2(C/C=C(\C)CC/C=C(\C)CC/C=C(\C)CO)O[C@@H]2[C@@H]1O. The molecule has 2 rings (SSSR count). The van der Waals surface area contributed by atoms with Crippen molar-refractivity contribution in [3.05, 3.63) is 46.6 Å². The molecule has 0 amide bonds. The highest BCUT2D eigenvalue weighted by Crippen LogP contribution is 2.48. The van der Waals surface area contributed by atoms with Crippen molar-refractivity contribution in [1.29, 1.82) is 0 Å². The maximum atomic E-state index is 12.5. The molecule has 1 aliphatic carbocycles. The van der Waals surface area contributed by atoms with E-state index in [-0.39, 0.29) is 19.0 Å². The first kappa shape index (κ1) is 24.3. The zero-order valence-electron chi connectivity index (χ0n) is 18.4. The molecule has 30 heavy (non-hydrogen) atoms. The van der Waals surface area contributed by atoms with E-state index in [9.17, 15) is 14.7 Å². The number of ketones is 1. The second-order valence-electron chi connectivity index (χ2n) is 8.33. The van der Waals surface area contributed by atoms with E-state index in [0.29, 0.717) is 12.0 Å². The second-order valence-corrected chi connectivity index (χ2v) is 8.33. The lowest BCUT2D eigenvalue weighted by Gasteiger charge is -2.20. The summed E-state index contributed by atoms with van der Waals surface area (Å²) >= 11 is 0. The molecule has 6 nitrogen and oxygen atoms in total. The van der Waals surface area contributed by atoms with Gasteiger partial charge in [0.05, 0.1) is 6.61 Å². The van der Waals surface area contributed by atoms with Gasteiger partial charge in [0.2, 0.25) is 0 Å². The molecule has 0 aromatic rings. The van der Waals surface area contributed by atoms with E-state index >= 15 is 0 Å². The maximum absolute atomic E-state index is 12.5. The van der Waals surface area contributed by atoms with Gasteiger partial charge in [-0.15, -0.1) is 0 Å². The number of hydrogen-bond acceptors (Lipinski definition) is 6. The van der Waals surface area contributed by atoms with Crippen LogP contribution in [0.4, 0.5) is 0 Å². The van der Waals surface area contributed by atoms with Crippen LogP contribution in [-0.4, -0.2) is 53.0 Å². The van der Waals surface area contributed by atoms with Crippen LogP contribution in [0.25, 0.3) is 0 Å². The van der Waals surface area contributed by atoms with Gasteiger partial charge in [-0.25, -0.2) is 0 Å². The summed E-state index contributed by atoms with van der Waals surface area (Å²) in [5.74, 6) is -0.630. The average molecular weight is 419 g/mol. The van der Waals surface area contributed by atoms with Crippen LogP contribution in [0.5, 0.6) is 0 Å². The highest BCUT2D eigenvalue weighted by molar-refractivity contribution is 6.02. The third-order valence-corrected chi connectivity index (χ3v) is 5.65. The van der Waals surface area contributed by atoms with Gasteiger partial charge >= 0.3 is 5.97 Å². The van der Waals surface area contributed by atoms with Crippen LogP contribution in [-0.2, 0) is 19.1 Å². The van der Waals surface area contributed by atoms with Crippen LogP contribution in [0.1, 0.15) is 59.8 Å². The minimum atomic E-state index is -0.969. The molecular weight excluding hydrogens is 384 g/mol. The number of esters is 1. The summed E-state index contributed by atoms with van der Waals surface area (Å²) in [6.45, 7) is 7.39. The fourth-order valence-corrected chi connectivity index (χ4v) is 3.54. The zero-order valence-corrected chi connectivity index (χ0v) is 18.4. The van der Waals surface area contributed by atoms with Crippen LogP contribution in [0.15, 0.2) is 46.6 Å². The molecule has 2 N–H and O–H groups in total. The molecule has 0 unspecified atom stereocenters. The van der Waals surface area contributed by atoms with Gasteiger partial charge in [0.1, 0.15) is 18.8 Å². The predicted octanol–water partition coefficient (Wildman–Crippen LogP) is 3.34. The quantitative estimate of drug-likeness (QED) is 0.303. The van der Waals surface area contributed by atoms with Crippen molar-refractivity contribution in [3.63, 3.8) is 0 Å². The minimum Gasteiger partial charge on any atom is -0.461 e. The molecule has 6 heteroatoms. The van der Waals surface area contributed by atoms with Crippen molar-refractivity contribution >= 4 is 11.8 Å². The van der Waals surface area contributed by atoms with Gasteiger partial charge in [0.25, 0.3) is 0 Å². The molecule has 0 aromatic heterocycles. The number of rotatable bonds is 11. The Morgan fingerprint density at radius 1 is 1.10 bits per heavy atom. The molecule has 1 fully saturated rings. The Morgan fingerprint density at radius 2 is 1.70 bits per heavy atom. The molecule has 0 spiro atoms. The number of aliphatic hydroxyl groups is 2. The summed E-state index contributed by atoms with van der Waals surface area (Å²) in [6, 6.07) is 0. The van der Waals surface area contributed by atoms with Crippen molar-refractivity contribution in [2.75, 3.05) is 13.2 Å². The standard InChI is InChI=1S/C24H34O6/c1-16(8-6-10-18(3)14-25)7-5-9-17(2)11-12-24-21(27)13-20(15-29-19(4)26)22(28)23(24)30-24/h7,10-11,13,22-23,25,28H,5-6,8-9,12,14-15H2,1-4H3/b16-7+,17-11+,18-10+/t22-,23-,24+/m1/s1. The average Bonchev–Trinajstić information content (AvgIpc) is 3.45. The van der Waals surface area contributed by atoms with E-state index in [0.717, 1.165) is 31.3 Å². The monoisotopic (exact) mass is 418 g/mol. The fraction of sp³-hybridized carbons (Fsp3) is 0.583. The van der Waals surface area contributed by atoms with Crippen LogP contribution in [0, 0.1) is 0 Å². The Balaban J connectivity index is 1.83. The Labute approximate surface area is 179 Å². The lowest BCUT2D eigenvalue weighted by molar-refractivity contribution is -0.140. The first-order valence-electron chi connectivity index (χ1n) is 10.5. The number of carbonyl (C=O) groups is 2. The molecule has 166 valence electrons. The number of hydrogen-bond donors (Lipinski definition) is 2. The van der Waals surface area contributed by atoms with Crippen molar-refractivity contribution in [2.45, 2.75) is 77.6 Å². The topological polar surface area (TPSA) is 96.4 Å². The molecule has 2 aliphatic rings. The lowest BCUT2D eigenvalue weighted by atomic mass is 9.84. The molecule has 0 aromatic carbocycles. The third-order valence-electron chi connectivity index (χ3n) is 5.65. The van der Waals surface area contributed by atoms with E-state index in [2.05, 4.69) is 19.1 Å². The molecule has 1 aliphatic heterocycles. The van der Waals surface area contributed by atoms with E-state index in [4.69, 9.17) is 14.6 Å². The van der Waals surface area contributed by atoms with Crippen molar-refractivity contribution < 1.29 is 29.3 Å². The summed E-state index contributed by atoms with van der Waals surface area (Å²) in [6.07, 6.45) is 10.4. The van der Waals surface area contributed by atoms with E-state index in [1.54, 1.807) is 0 Å². The van der Waals surface area contributed by atoms with Crippen LogP contribution in [0.2, 0.25) is 0 Å². The highest BCUT2D eigenvalue weighted by atomic mass is 16.6. The Morgan fingerprint density at radius 3 is 2.30 bits per heavy atom. The lowest BCUT2D eigenvalue weighted by Crippen LogP contribution is -2.38. The van der Waals surface area contributed by atoms with E-state index in [1.165, 1.54) is 24.1 Å². The molecular formula is C24H34O6. The van der Waals surface area contributed by atoms with Crippen LogP contribution >= 0.6 is 0 Å². The van der Waals surface area contributed by atoms with Gasteiger partial charge in [-0.05, 0) is 52.5 Å². The van der Waals surface area contributed by atoms with Gasteiger partial charge in [0, 0.05) is 18.9 Å². The zero-order chi connectivity index (χ0) is 22.3. The highest BCUT2D eigenvalue weighted by Gasteiger charge is 2.66. The molecule has 1 heterocycles.